The summed E-state index contributed by atoms with van der Waals surface area (Å²) in [6.45, 7) is 0. The van der Waals surface area contributed by atoms with Crippen molar-refractivity contribution in [2.24, 2.45) is 0 Å². The minimum absolute atomic E-state index is 0.256. The molecule has 5 heteroatoms. The summed E-state index contributed by atoms with van der Waals surface area (Å²) < 4.78 is 14.4. The molecule has 0 atom stereocenters. The summed E-state index contributed by atoms with van der Waals surface area (Å²) in [7, 11) is 0. The third-order valence-electron chi connectivity index (χ3n) is 1.91. The Balaban J connectivity index is 2.23. The lowest BCUT2D eigenvalue weighted by atomic mass is 10.3. The molecule has 1 aromatic carbocycles. The Morgan fingerprint density at radius 2 is 1.81 bits per heavy atom. The van der Waals surface area contributed by atoms with Crippen LogP contribution in [0.3, 0.4) is 0 Å². The molecular weight excluding hydrogens is 339 g/mol. The van der Waals surface area contributed by atoms with Gasteiger partial charge in [-0.05, 0) is 62.2 Å². The van der Waals surface area contributed by atoms with Crippen LogP contribution in [0.1, 0.15) is 0 Å². The third-order valence-corrected chi connectivity index (χ3v) is 2.95. The largest absolute Gasteiger partial charge is 0.339 e. The third kappa shape index (κ3) is 2.80. The van der Waals surface area contributed by atoms with Gasteiger partial charge in [0.15, 0.2) is 0 Å². The number of anilines is 2. The van der Waals surface area contributed by atoms with Gasteiger partial charge in [-0.15, -0.1) is 0 Å². The summed E-state index contributed by atoms with van der Waals surface area (Å²) in [6, 6.07) is 8.00. The Morgan fingerprint density at radius 3 is 2.44 bits per heavy atom. The zero-order valence-corrected chi connectivity index (χ0v) is 11.2. The highest BCUT2D eigenvalue weighted by Gasteiger charge is 2.02. The number of hydrogen-bond donors (Lipinski definition) is 1. The van der Waals surface area contributed by atoms with Crippen molar-refractivity contribution in [3.63, 3.8) is 0 Å². The van der Waals surface area contributed by atoms with Crippen LogP contribution in [0.5, 0.6) is 0 Å². The fourth-order valence-corrected chi connectivity index (χ4v) is 2.26. The highest BCUT2D eigenvalue weighted by atomic mass is 79.9. The Labute approximate surface area is 109 Å². The standard InChI is InChI=1S/C11H7Br2FN2/c12-7-5-10(13)11(15-6-7)16-9-3-1-8(14)2-4-9/h1-6H,(H,15,16). The molecule has 0 bridgehead atoms. The molecule has 1 aromatic heterocycles. The van der Waals surface area contributed by atoms with Gasteiger partial charge in [-0.3, -0.25) is 0 Å². The lowest BCUT2D eigenvalue weighted by Gasteiger charge is -2.07. The summed E-state index contributed by atoms with van der Waals surface area (Å²) in [5.74, 6) is 0.434. The minimum Gasteiger partial charge on any atom is -0.339 e. The van der Waals surface area contributed by atoms with E-state index in [2.05, 4.69) is 42.2 Å². The summed E-state index contributed by atoms with van der Waals surface area (Å²) in [6.07, 6.45) is 1.69. The molecule has 0 saturated heterocycles. The molecule has 2 nitrogen and oxygen atoms in total. The van der Waals surface area contributed by atoms with Gasteiger partial charge in [0, 0.05) is 16.4 Å². The maximum Gasteiger partial charge on any atom is 0.144 e. The number of nitrogens with zero attached hydrogens (tertiary/aromatic N) is 1. The van der Waals surface area contributed by atoms with Crippen molar-refractivity contribution in [2.75, 3.05) is 5.32 Å². The number of nitrogens with one attached hydrogen (secondary N) is 1. The number of halogens is 3. The van der Waals surface area contributed by atoms with Gasteiger partial charge in [-0.1, -0.05) is 0 Å². The Morgan fingerprint density at radius 1 is 1.12 bits per heavy atom. The minimum atomic E-state index is -0.256. The number of aromatic nitrogens is 1. The maximum atomic E-state index is 12.7. The van der Waals surface area contributed by atoms with E-state index >= 15 is 0 Å². The molecule has 82 valence electrons. The number of hydrogen-bond acceptors (Lipinski definition) is 2. The van der Waals surface area contributed by atoms with Gasteiger partial charge in [0.2, 0.25) is 0 Å². The van der Waals surface area contributed by atoms with Crippen molar-refractivity contribution in [3.8, 4) is 0 Å². The molecule has 2 aromatic rings. The smallest absolute Gasteiger partial charge is 0.144 e. The molecule has 0 radical (unpaired) electrons. The number of rotatable bonds is 2. The lowest BCUT2D eigenvalue weighted by Crippen LogP contribution is -1.94. The van der Waals surface area contributed by atoms with Crippen LogP contribution in [0, 0.1) is 5.82 Å². The van der Waals surface area contributed by atoms with E-state index in [1.54, 1.807) is 18.3 Å². The van der Waals surface area contributed by atoms with Gasteiger partial charge in [-0.2, -0.15) is 0 Å². The van der Waals surface area contributed by atoms with Crippen LogP contribution in [0.4, 0.5) is 15.9 Å². The van der Waals surface area contributed by atoms with Crippen LogP contribution in [-0.2, 0) is 0 Å². The molecule has 0 aliphatic rings. The maximum absolute atomic E-state index is 12.7. The monoisotopic (exact) mass is 344 g/mol. The van der Waals surface area contributed by atoms with E-state index < -0.39 is 0 Å². The second-order valence-corrected chi connectivity index (χ2v) is 4.89. The van der Waals surface area contributed by atoms with Crippen LogP contribution >= 0.6 is 31.9 Å². The predicted molar refractivity (Wildman–Crippen MR) is 69.3 cm³/mol. The van der Waals surface area contributed by atoms with Crippen LogP contribution in [0.25, 0.3) is 0 Å². The number of pyridine rings is 1. The van der Waals surface area contributed by atoms with Crippen molar-refractivity contribution in [1.29, 1.82) is 0 Å². The van der Waals surface area contributed by atoms with Gasteiger partial charge in [0.1, 0.15) is 11.6 Å². The summed E-state index contributed by atoms with van der Waals surface area (Å²) in [4.78, 5) is 4.20. The van der Waals surface area contributed by atoms with E-state index in [-0.39, 0.29) is 5.82 Å². The lowest BCUT2D eigenvalue weighted by molar-refractivity contribution is 0.628. The van der Waals surface area contributed by atoms with Crippen LogP contribution in [0.2, 0.25) is 0 Å². The van der Waals surface area contributed by atoms with Crippen molar-refractivity contribution in [3.05, 3.63) is 51.3 Å². The van der Waals surface area contributed by atoms with Crippen molar-refractivity contribution in [2.45, 2.75) is 0 Å². The van der Waals surface area contributed by atoms with Gasteiger partial charge in [0.25, 0.3) is 0 Å². The molecule has 1 N–H and O–H groups in total. The molecule has 2 rings (SSSR count). The van der Waals surface area contributed by atoms with E-state index in [0.717, 1.165) is 14.6 Å². The number of benzene rings is 1. The van der Waals surface area contributed by atoms with Crippen LogP contribution < -0.4 is 5.32 Å². The van der Waals surface area contributed by atoms with Gasteiger partial charge < -0.3 is 5.32 Å². The molecule has 1 heterocycles. The normalized spacial score (nSPS) is 10.2. The quantitative estimate of drug-likeness (QED) is 0.867. The van der Waals surface area contributed by atoms with Crippen molar-refractivity contribution in [1.82, 2.24) is 4.98 Å². The van der Waals surface area contributed by atoms with Gasteiger partial charge >= 0.3 is 0 Å². The Bertz CT molecular complexity index is 500. The van der Waals surface area contributed by atoms with Crippen LogP contribution in [-0.4, -0.2) is 4.98 Å². The SMILES string of the molecule is Fc1ccc(Nc2ncc(Br)cc2Br)cc1. The highest BCUT2D eigenvalue weighted by molar-refractivity contribution is 9.11. The van der Waals surface area contributed by atoms with Gasteiger partial charge in [0.05, 0.1) is 4.47 Å². The molecule has 0 fully saturated rings. The zero-order valence-electron chi connectivity index (χ0n) is 8.05. The average Bonchev–Trinajstić information content (AvgIpc) is 2.25. The molecule has 0 spiro atoms. The van der Waals surface area contributed by atoms with Crippen molar-refractivity contribution < 1.29 is 4.39 Å². The second-order valence-electron chi connectivity index (χ2n) is 3.12. The predicted octanol–water partition coefficient (Wildman–Crippen LogP) is 4.49. The fraction of sp³-hybridized carbons (Fsp3) is 0. The first-order valence-electron chi connectivity index (χ1n) is 4.49. The Kier molecular flexibility index (Phi) is 3.56. The topological polar surface area (TPSA) is 24.9 Å². The highest BCUT2D eigenvalue weighted by Crippen LogP contribution is 2.26. The Hall–Kier alpha value is -0.940. The average molecular weight is 346 g/mol. The van der Waals surface area contributed by atoms with E-state index in [4.69, 9.17) is 0 Å². The zero-order chi connectivity index (χ0) is 11.5. The van der Waals surface area contributed by atoms with E-state index in [9.17, 15) is 4.39 Å². The van der Waals surface area contributed by atoms with Crippen molar-refractivity contribution >= 4 is 43.4 Å². The van der Waals surface area contributed by atoms with E-state index in [0.29, 0.717) is 5.82 Å². The first-order valence-corrected chi connectivity index (χ1v) is 6.07. The second kappa shape index (κ2) is 4.93. The summed E-state index contributed by atoms with van der Waals surface area (Å²) in [5, 5.41) is 3.08. The van der Waals surface area contributed by atoms with Gasteiger partial charge in [-0.25, -0.2) is 9.37 Å². The fourth-order valence-electron chi connectivity index (χ4n) is 1.18. The van der Waals surface area contributed by atoms with Crippen LogP contribution in [0.15, 0.2) is 45.5 Å². The first kappa shape index (κ1) is 11.5. The molecular formula is C11H7Br2FN2. The molecule has 16 heavy (non-hydrogen) atoms. The summed E-state index contributed by atoms with van der Waals surface area (Å²) in [5.41, 5.74) is 0.789. The first-order chi connectivity index (χ1) is 7.65. The molecule has 0 aliphatic heterocycles. The van der Waals surface area contributed by atoms with E-state index in [1.807, 2.05) is 6.07 Å². The molecule has 0 aliphatic carbocycles. The molecule has 0 unspecified atom stereocenters. The molecule has 0 saturated carbocycles. The van der Waals surface area contributed by atoms with E-state index in [1.165, 1.54) is 12.1 Å². The molecule has 0 amide bonds. The summed E-state index contributed by atoms with van der Waals surface area (Å²) >= 11 is 6.71.